The zero-order valence-electron chi connectivity index (χ0n) is 9.92. The summed E-state index contributed by atoms with van der Waals surface area (Å²) in [5.74, 6) is 1.35. The third-order valence-electron chi connectivity index (χ3n) is 4.01. The van der Waals surface area contributed by atoms with Crippen LogP contribution in [0.5, 0.6) is 0 Å². The van der Waals surface area contributed by atoms with Crippen LogP contribution >= 0.6 is 23.5 Å². The molecule has 2 fully saturated rings. The van der Waals surface area contributed by atoms with Gasteiger partial charge in [0.15, 0.2) is 0 Å². The second-order valence-corrected chi connectivity index (χ2v) is 7.71. The number of hydrogen-bond donors (Lipinski definition) is 1. The van der Waals surface area contributed by atoms with Gasteiger partial charge in [0.25, 0.3) is 0 Å². The molecule has 0 aromatic carbocycles. The van der Waals surface area contributed by atoms with Crippen LogP contribution in [0.25, 0.3) is 0 Å². The summed E-state index contributed by atoms with van der Waals surface area (Å²) >= 11 is 4.22. The van der Waals surface area contributed by atoms with Gasteiger partial charge in [0.1, 0.15) is 0 Å². The van der Waals surface area contributed by atoms with Crippen molar-refractivity contribution in [3.8, 4) is 0 Å². The van der Waals surface area contributed by atoms with E-state index in [4.69, 9.17) is 0 Å². The minimum atomic E-state index is 0.576. The maximum atomic E-state index is 3.82. The lowest BCUT2D eigenvalue weighted by Gasteiger charge is -2.29. The molecule has 1 saturated carbocycles. The second kappa shape index (κ2) is 5.33. The molecule has 2 rings (SSSR count). The summed E-state index contributed by atoms with van der Waals surface area (Å²) in [6, 6.07) is 0.777. The molecule has 0 aromatic heterocycles. The molecule has 1 aliphatic carbocycles. The van der Waals surface area contributed by atoms with E-state index in [0.29, 0.717) is 4.75 Å². The lowest BCUT2D eigenvalue weighted by atomic mass is 10.1. The molecule has 0 amide bonds. The van der Waals surface area contributed by atoms with Crippen LogP contribution in [0.3, 0.4) is 0 Å². The first-order chi connectivity index (χ1) is 7.26. The Morgan fingerprint density at radius 3 is 2.67 bits per heavy atom. The average Bonchev–Trinajstić information content (AvgIpc) is 2.85. The molecule has 1 saturated heterocycles. The summed E-state index contributed by atoms with van der Waals surface area (Å²) in [6.07, 6.45) is 9.40. The SMILES string of the molecule is CSC1(CNC2CCSC2C)CCCC1. The van der Waals surface area contributed by atoms with Crippen molar-refractivity contribution >= 4 is 23.5 Å². The van der Waals surface area contributed by atoms with Crippen molar-refractivity contribution in [2.24, 2.45) is 0 Å². The molecule has 2 aliphatic rings. The molecule has 3 heteroatoms. The topological polar surface area (TPSA) is 12.0 Å². The molecule has 2 atom stereocenters. The van der Waals surface area contributed by atoms with Gasteiger partial charge >= 0.3 is 0 Å². The van der Waals surface area contributed by atoms with Gasteiger partial charge in [-0.2, -0.15) is 23.5 Å². The highest BCUT2D eigenvalue weighted by molar-refractivity contribution is 8.00. The van der Waals surface area contributed by atoms with Crippen molar-refractivity contribution in [2.45, 2.75) is 55.1 Å². The van der Waals surface area contributed by atoms with Crippen molar-refractivity contribution in [1.29, 1.82) is 0 Å². The van der Waals surface area contributed by atoms with Gasteiger partial charge in [-0.25, -0.2) is 0 Å². The van der Waals surface area contributed by atoms with Crippen molar-refractivity contribution in [3.05, 3.63) is 0 Å². The first-order valence-corrected chi connectivity index (χ1v) is 8.43. The molecule has 15 heavy (non-hydrogen) atoms. The fraction of sp³-hybridized carbons (Fsp3) is 1.00. The Balaban J connectivity index is 1.80. The summed E-state index contributed by atoms with van der Waals surface area (Å²) in [6.45, 7) is 3.61. The first kappa shape index (κ1) is 12.1. The van der Waals surface area contributed by atoms with Gasteiger partial charge in [-0.3, -0.25) is 0 Å². The smallest absolute Gasteiger partial charge is 0.0281 e. The van der Waals surface area contributed by atoms with Crippen molar-refractivity contribution in [2.75, 3.05) is 18.6 Å². The van der Waals surface area contributed by atoms with Crippen LogP contribution in [-0.4, -0.2) is 34.6 Å². The van der Waals surface area contributed by atoms with E-state index < -0.39 is 0 Å². The summed E-state index contributed by atoms with van der Waals surface area (Å²) < 4.78 is 0.576. The number of thioether (sulfide) groups is 2. The third kappa shape index (κ3) is 2.86. The molecule has 1 nitrogen and oxygen atoms in total. The quantitative estimate of drug-likeness (QED) is 0.817. The summed E-state index contributed by atoms with van der Waals surface area (Å²) in [4.78, 5) is 0. The van der Waals surface area contributed by atoms with E-state index in [1.54, 1.807) is 0 Å². The Morgan fingerprint density at radius 2 is 2.13 bits per heavy atom. The van der Waals surface area contributed by atoms with Gasteiger partial charge in [-0.15, -0.1) is 0 Å². The summed E-state index contributed by atoms with van der Waals surface area (Å²) in [5, 5.41) is 4.65. The highest BCUT2D eigenvalue weighted by Crippen LogP contribution is 2.40. The molecule has 2 unspecified atom stereocenters. The predicted molar refractivity (Wildman–Crippen MR) is 73.0 cm³/mol. The van der Waals surface area contributed by atoms with Crippen molar-refractivity contribution in [1.82, 2.24) is 5.32 Å². The molecule has 0 bridgehead atoms. The first-order valence-electron chi connectivity index (χ1n) is 6.16. The molecular weight excluding hydrogens is 222 g/mol. The van der Waals surface area contributed by atoms with Crippen molar-refractivity contribution < 1.29 is 0 Å². The largest absolute Gasteiger partial charge is 0.311 e. The molecular formula is C12H23NS2. The molecule has 0 aromatic rings. The lowest BCUT2D eigenvalue weighted by Crippen LogP contribution is -2.42. The Labute approximate surface area is 103 Å². The fourth-order valence-electron chi connectivity index (χ4n) is 2.79. The van der Waals surface area contributed by atoms with E-state index >= 15 is 0 Å². The average molecular weight is 245 g/mol. The molecule has 0 radical (unpaired) electrons. The number of hydrogen-bond acceptors (Lipinski definition) is 3. The number of rotatable bonds is 4. The van der Waals surface area contributed by atoms with Gasteiger partial charge in [0.05, 0.1) is 0 Å². The number of nitrogens with one attached hydrogen (secondary N) is 1. The van der Waals surface area contributed by atoms with E-state index in [2.05, 4.69) is 42.0 Å². The predicted octanol–water partition coefficient (Wildman–Crippen LogP) is 3.15. The monoisotopic (exact) mass is 245 g/mol. The molecule has 88 valence electrons. The van der Waals surface area contributed by atoms with Crippen LogP contribution in [0, 0.1) is 0 Å². The van der Waals surface area contributed by atoms with E-state index in [-0.39, 0.29) is 0 Å². The lowest BCUT2D eigenvalue weighted by molar-refractivity contribution is 0.456. The minimum Gasteiger partial charge on any atom is -0.311 e. The van der Waals surface area contributed by atoms with Gasteiger partial charge in [-0.05, 0) is 31.3 Å². The maximum Gasteiger partial charge on any atom is 0.0281 e. The molecule has 1 heterocycles. The highest BCUT2D eigenvalue weighted by Gasteiger charge is 2.34. The van der Waals surface area contributed by atoms with Crippen molar-refractivity contribution in [3.63, 3.8) is 0 Å². The van der Waals surface area contributed by atoms with E-state index in [9.17, 15) is 0 Å². The maximum absolute atomic E-state index is 3.82. The molecule has 1 N–H and O–H groups in total. The van der Waals surface area contributed by atoms with Crippen LogP contribution in [0.2, 0.25) is 0 Å². The zero-order chi connectivity index (χ0) is 10.7. The standard InChI is InChI=1S/C12H23NS2/c1-10-11(5-8-15-10)13-9-12(14-2)6-3-4-7-12/h10-11,13H,3-9H2,1-2H3. The second-order valence-electron chi connectivity index (χ2n) is 4.95. The Hall–Kier alpha value is 0.660. The van der Waals surface area contributed by atoms with E-state index in [0.717, 1.165) is 11.3 Å². The Bertz CT molecular complexity index is 202. The molecule has 1 aliphatic heterocycles. The highest BCUT2D eigenvalue weighted by atomic mass is 32.2. The van der Waals surface area contributed by atoms with E-state index in [1.807, 2.05) is 0 Å². The van der Waals surface area contributed by atoms with Crippen LogP contribution in [0.4, 0.5) is 0 Å². The van der Waals surface area contributed by atoms with Crippen LogP contribution in [-0.2, 0) is 0 Å². The third-order valence-corrected chi connectivity index (χ3v) is 6.75. The fourth-order valence-corrected chi connectivity index (χ4v) is 4.94. The van der Waals surface area contributed by atoms with E-state index in [1.165, 1.54) is 44.4 Å². The molecule has 0 spiro atoms. The van der Waals surface area contributed by atoms with Gasteiger partial charge in [0.2, 0.25) is 0 Å². The summed E-state index contributed by atoms with van der Waals surface area (Å²) in [5.41, 5.74) is 0. The van der Waals surface area contributed by atoms with Gasteiger partial charge in [0, 0.05) is 22.6 Å². The van der Waals surface area contributed by atoms with Crippen LogP contribution in [0.15, 0.2) is 0 Å². The Morgan fingerprint density at radius 1 is 1.40 bits per heavy atom. The van der Waals surface area contributed by atoms with Crippen LogP contribution < -0.4 is 5.32 Å². The Kier molecular flexibility index (Phi) is 4.31. The van der Waals surface area contributed by atoms with Gasteiger partial charge in [-0.1, -0.05) is 19.8 Å². The van der Waals surface area contributed by atoms with Gasteiger partial charge < -0.3 is 5.32 Å². The van der Waals surface area contributed by atoms with Crippen LogP contribution in [0.1, 0.15) is 39.0 Å². The minimum absolute atomic E-state index is 0.576. The zero-order valence-corrected chi connectivity index (χ0v) is 11.6. The normalized spacial score (nSPS) is 34.8. The summed E-state index contributed by atoms with van der Waals surface area (Å²) in [7, 11) is 0.